The molecular formula is C14H25N3O3. The number of carboxylic acids is 1. The summed E-state index contributed by atoms with van der Waals surface area (Å²) in [5.41, 5.74) is 0. The van der Waals surface area contributed by atoms with Gasteiger partial charge < -0.3 is 10.4 Å². The molecule has 1 saturated carbocycles. The van der Waals surface area contributed by atoms with E-state index in [1.165, 1.54) is 12.8 Å². The van der Waals surface area contributed by atoms with Crippen LogP contribution >= 0.6 is 0 Å². The summed E-state index contributed by atoms with van der Waals surface area (Å²) in [5.74, 6) is -0.672. The van der Waals surface area contributed by atoms with E-state index in [0.29, 0.717) is 25.7 Å². The largest absolute Gasteiger partial charge is 0.480 e. The third-order valence-electron chi connectivity index (χ3n) is 4.40. The molecule has 2 fully saturated rings. The number of carbonyl (C=O) groups excluding carboxylic acids is 1. The summed E-state index contributed by atoms with van der Waals surface area (Å²) < 4.78 is 0. The SMILES string of the molecule is CC(C(=O)O)N1CCN(CC(=O)NC2CCCC2)CC1. The van der Waals surface area contributed by atoms with Crippen LogP contribution < -0.4 is 5.32 Å². The van der Waals surface area contributed by atoms with Crippen LogP contribution in [0.25, 0.3) is 0 Å². The van der Waals surface area contributed by atoms with Crippen LogP contribution in [0.2, 0.25) is 0 Å². The molecule has 114 valence electrons. The highest BCUT2D eigenvalue weighted by Crippen LogP contribution is 2.17. The van der Waals surface area contributed by atoms with Gasteiger partial charge in [-0.1, -0.05) is 12.8 Å². The van der Waals surface area contributed by atoms with E-state index in [2.05, 4.69) is 10.2 Å². The maximum atomic E-state index is 11.9. The zero-order chi connectivity index (χ0) is 14.5. The van der Waals surface area contributed by atoms with Gasteiger partial charge in [-0.25, -0.2) is 0 Å². The second-order valence-electron chi connectivity index (χ2n) is 5.88. The van der Waals surface area contributed by atoms with Gasteiger partial charge in [0, 0.05) is 32.2 Å². The van der Waals surface area contributed by atoms with Crippen LogP contribution in [-0.4, -0.2) is 71.6 Å². The topological polar surface area (TPSA) is 72.9 Å². The van der Waals surface area contributed by atoms with E-state index in [4.69, 9.17) is 5.11 Å². The quantitative estimate of drug-likeness (QED) is 0.750. The Morgan fingerprint density at radius 1 is 1.20 bits per heavy atom. The first-order valence-corrected chi connectivity index (χ1v) is 7.55. The molecule has 2 aliphatic rings. The third kappa shape index (κ3) is 4.18. The zero-order valence-electron chi connectivity index (χ0n) is 12.2. The summed E-state index contributed by atoms with van der Waals surface area (Å²) in [6.07, 6.45) is 4.65. The van der Waals surface area contributed by atoms with Gasteiger partial charge in [-0.2, -0.15) is 0 Å². The highest BCUT2D eigenvalue weighted by atomic mass is 16.4. The minimum absolute atomic E-state index is 0.108. The summed E-state index contributed by atoms with van der Waals surface area (Å²) in [6.45, 7) is 5.09. The lowest BCUT2D eigenvalue weighted by atomic mass is 10.2. The second kappa shape index (κ2) is 7.04. The number of aliphatic carboxylic acids is 1. The number of hydrogen-bond acceptors (Lipinski definition) is 4. The molecule has 0 spiro atoms. The van der Waals surface area contributed by atoms with Crippen molar-refractivity contribution in [2.24, 2.45) is 0 Å². The number of nitrogens with one attached hydrogen (secondary N) is 1. The Balaban J connectivity index is 1.68. The molecule has 0 aromatic rings. The predicted molar refractivity (Wildman–Crippen MR) is 75.5 cm³/mol. The van der Waals surface area contributed by atoms with Gasteiger partial charge in [-0.15, -0.1) is 0 Å². The summed E-state index contributed by atoms with van der Waals surface area (Å²) in [6, 6.07) is -0.0692. The van der Waals surface area contributed by atoms with Crippen molar-refractivity contribution in [3.63, 3.8) is 0 Å². The number of nitrogens with zero attached hydrogens (tertiary/aromatic N) is 2. The summed E-state index contributed by atoms with van der Waals surface area (Å²) >= 11 is 0. The lowest BCUT2D eigenvalue weighted by Crippen LogP contribution is -2.53. The Hall–Kier alpha value is -1.14. The molecule has 1 aliphatic carbocycles. The Bertz CT molecular complexity index is 348. The molecule has 2 N–H and O–H groups in total. The average molecular weight is 283 g/mol. The zero-order valence-corrected chi connectivity index (χ0v) is 12.2. The smallest absolute Gasteiger partial charge is 0.320 e. The van der Waals surface area contributed by atoms with E-state index >= 15 is 0 Å². The van der Waals surface area contributed by atoms with E-state index in [9.17, 15) is 9.59 Å². The first kappa shape index (κ1) is 15.3. The Morgan fingerprint density at radius 3 is 2.35 bits per heavy atom. The van der Waals surface area contributed by atoms with E-state index < -0.39 is 12.0 Å². The maximum Gasteiger partial charge on any atom is 0.320 e. The fourth-order valence-corrected chi connectivity index (χ4v) is 3.01. The minimum Gasteiger partial charge on any atom is -0.480 e. The van der Waals surface area contributed by atoms with Gasteiger partial charge in [-0.05, 0) is 19.8 Å². The standard InChI is InChI=1S/C14H25N3O3/c1-11(14(19)20)17-8-6-16(7-9-17)10-13(18)15-12-4-2-3-5-12/h11-12H,2-10H2,1H3,(H,15,18)(H,19,20). The molecule has 0 bridgehead atoms. The van der Waals surface area contributed by atoms with Gasteiger partial charge >= 0.3 is 5.97 Å². The molecule has 6 heteroatoms. The van der Waals surface area contributed by atoms with Gasteiger partial charge in [0.1, 0.15) is 6.04 Å². The number of piperazine rings is 1. The predicted octanol–water partition coefficient (Wildman–Crippen LogP) is 0.136. The van der Waals surface area contributed by atoms with Crippen LogP contribution in [-0.2, 0) is 9.59 Å². The van der Waals surface area contributed by atoms with Crippen molar-refractivity contribution < 1.29 is 14.7 Å². The average Bonchev–Trinajstić information content (AvgIpc) is 2.91. The number of rotatable bonds is 5. The molecular weight excluding hydrogens is 258 g/mol. The van der Waals surface area contributed by atoms with E-state index in [1.54, 1.807) is 6.92 Å². The molecule has 0 aromatic carbocycles. The first-order chi connectivity index (χ1) is 9.56. The summed E-state index contributed by atoms with van der Waals surface area (Å²) in [4.78, 5) is 26.9. The van der Waals surface area contributed by atoms with Gasteiger partial charge in [-0.3, -0.25) is 19.4 Å². The fourth-order valence-electron chi connectivity index (χ4n) is 3.01. The van der Waals surface area contributed by atoms with Crippen molar-refractivity contribution in [2.45, 2.75) is 44.7 Å². The third-order valence-corrected chi connectivity index (χ3v) is 4.40. The second-order valence-corrected chi connectivity index (χ2v) is 5.88. The Labute approximate surface area is 120 Å². The minimum atomic E-state index is -0.780. The van der Waals surface area contributed by atoms with E-state index in [1.807, 2.05) is 4.90 Å². The summed E-state index contributed by atoms with van der Waals surface area (Å²) in [7, 11) is 0. The number of carbonyl (C=O) groups is 2. The monoisotopic (exact) mass is 283 g/mol. The highest BCUT2D eigenvalue weighted by molar-refractivity contribution is 5.78. The molecule has 0 radical (unpaired) electrons. The van der Waals surface area contributed by atoms with Crippen molar-refractivity contribution in [3.8, 4) is 0 Å². The first-order valence-electron chi connectivity index (χ1n) is 7.55. The molecule has 1 heterocycles. The summed E-state index contributed by atoms with van der Waals surface area (Å²) in [5, 5.41) is 12.1. The van der Waals surface area contributed by atoms with Crippen molar-refractivity contribution in [1.82, 2.24) is 15.1 Å². The fraction of sp³-hybridized carbons (Fsp3) is 0.857. The van der Waals surface area contributed by atoms with Crippen LogP contribution in [0.15, 0.2) is 0 Å². The molecule has 2 rings (SSSR count). The van der Waals surface area contributed by atoms with E-state index in [-0.39, 0.29) is 5.91 Å². The molecule has 6 nitrogen and oxygen atoms in total. The van der Waals surface area contributed by atoms with Gasteiger partial charge in [0.2, 0.25) is 5.91 Å². The Morgan fingerprint density at radius 2 is 1.80 bits per heavy atom. The van der Waals surface area contributed by atoms with Crippen molar-refractivity contribution in [2.75, 3.05) is 32.7 Å². The molecule has 1 amide bonds. The molecule has 1 saturated heterocycles. The molecule has 1 aliphatic heterocycles. The number of carboxylic acid groups (broad SMARTS) is 1. The van der Waals surface area contributed by atoms with Gasteiger partial charge in [0.25, 0.3) is 0 Å². The molecule has 1 atom stereocenters. The van der Waals surface area contributed by atoms with Crippen LogP contribution in [0.1, 0.15) is 32.6 Å². The van der Waals surface area contributed by atoms with Crippen LogP contribution in [0.4, 0.5) is 0 Å². The Kier molecular flexibility index (Phi) is 5.37. The molecule has 20 heavy (non-hydrogen) atoms. The van der Waals surface area contributed by atoms with Crippen LogP contribution in [0.3, 0.4) is 0 Å². The molecule has 1 unspecified atom stereocenters. The van der Waals surface area contributed by atoms with Crippen LogP contribution in [0, 0.1) is 0 Å². The van der Waals surface area contributed by atoms with Crippen molar-refractivity contribution >= 4 is 11.9 Å². The van der Waals surface area contributed by atoms with Gasteiger partial charge in [0.15, 0.2) is 0 Å². The van der Waals surface area contributed by atoms with Crippen molar-refractivity contribution in [1.29, 1.82) is 0 Å². The normalized spacial score (nSPS) is 23.6. The maximum absolute atomic E-state index is 11.9. The number of hydrogen-bond donors (Lipinski definition) is 2. The van der Waals surface area contributed by atoms with Gasteiger partial charge in [0.05, 0.1) is 6.54 Å². The van der Waals surface area contributed by atoms with Crippen LogP contribution in [0.5, 0.6) is 0 Å². The number of amides is 1. The molecule has 0 aromatic heterocycles. The lowest BCUT2D eigenvalue weighted by Gasteiger charge is -2.36. The van der Waals surface area contributed by atoms with E-state index in [0.717, 1.165) is 25.9 Å². The lowest BCUT2D eigenvalue weighted by molar-refractivity contribution is -0.143. The van der Waals surface area contributed by atoms with Crippen molar-refractivity contribution in [3.05, 3.63) is 0 Å². The highest BCUT2D eigenvalue weighted by Gasteiger charge is 2.26.